The lowest BCUT2D eigenvalue weighted by atomic mass is 10.1. The molecule has 4 nitrogen and oxygen atoms in total. The molecule has 0 aliphatic heterocycles. The van der Waals surface area contributed by atoms with Crippen molar-refractivity contribution in [2.24, 2.45) is 0 Å². The van der Waals surface area contributed by atoms with Crippen LogP contribution in [0.5, 0.6) is 0 Å². The first-order valence-corrected chi connectivity index (χ1v) is 11.0. The fourth-order valence-corrected chi connectivity index (χ4v) is 3.93. The molecular formula is C21H24BrFN2O2S. The zero-order valence-electron chi connectivity index (χ0n) is 16.0. The van der Waals surface area contributed by atoms with Gasteiger partial charge in [-0.15, -0.1) is 11.8 Å². The molecule has 2 aromatic rings. The molecule has 1 unspecified atom stereocenters. The molecule has 2 aromatic carbocycles. The summed E-state index contributed by atoms with van der Waals surface area (Å²) in [6, 6.07) is 13.4. The minimum atomic E-state index is -0.559. The summed E-state index contributed by atoms with van der Waals surface area (Å²) in [5.74, 6) is 0.341. The summed E-state index contributed by atoms with van der Waals surface area (Å²) in [6.45, 7) is 2.14. The van der Waals surface area contributed by atoms with Gasteiger partial charge in [0, 0.05) is 23.8 Å². The fraction of sp³-hybridized carbons (Fsp3) is 0.333. The van der Waals surface area contributed by atoms with Gasteiger partial charge in [0.15, 0.2) is 0 Å². The quantitative estimate of drug-likeness (QED) is 0.596. The Hall–Kier alpha value is -1.86. The van der Waals surface area contributed by atoms with Gasteiger partial charge in [-0.2, -0.15) is 0 Å². The molecule has 2 amide bonds. The average molecular weight is 467 g/mol. The topological polar surface area (TPSA) is 49.4 Å². The molecule has 0 aliphatic carbocycles. The van der Waals surface area contributed by atoms with E-state index < -0.39 is 6.04 Å². The van der Waals surface area contributed by atoms with E-state index in [-0.39, 0.29) is 29.9 Å². The third kappa shape index (κ3) is 6.63. The Labute approximate surface area is 178 Å². The molecule has 2 rings (SSSR count). The summed E-state index contributed by atoms with van der Waals surface area (Å²) < 4.78 is 14.2. The molecule has 0 spiro atoms. The monoisotopic (exact) mass is 466 g/mol. The molecule has 1 N–H and O–H groups in total. The highest BCUT2D eigenvalue weighted by Crippen LogP contribution is 2.19. The lowest BCUT2D eigenvalue weighted by Crippen LogP contribution is -2.48. The zero-order valence-corrected chi connectivity index (χ0v) is 18.4. The number of halogens is 2. The van der Waals surface area contributed by atoms with Crippen LogP contribution in [0.1, 0.15) is 24.5 Å². The summed E-state index contributed by atoms with van der Waals surface area (Å²) >= 11 is 4.92. The third-order valence-electron chi connectivity index (χ3n) is 4.31. The first-order valence-electron chi connectivity index (χ1n) is 9.02. The van der Waals surface area contributed by atoms with Gasteiger partial charge in [0.2, 0.25) is 11.8 Å². The molecule has 0 radical (unpaired) electrons. The van der Waals surface area contributed by atoms with Gasteiger partial charge in [0.05, 0.1) is 5.75 Å². The second-order valence-electron chi connectivity index (χ2n) is 6.31. The highest BCUT2D eigenvalue weighted by molar-refractivity contribution is 9.10. The van der Waals surface area contributed by atoms with Crippen LogP contribution in [0.2, 0.25) is 0 Å². The Morgan fingerprint density at radius 3 is 2.29 bits per heavy atom. The van der Waals surface area contributed by atoms with Gasteiger partial charge in [0.25, 0.3) is 0 Å². The van der Waals surface area contributed by atoms with Crippen molar-refractivity contribution in [3.63, 3.8) is 0 Å². The predicted molar refractivity (Wildman–Crippen MR) is 115 cm³/mol. The largest absolute Gasteiger partial charge is 0.357 e. The Kier molecular flexibility index (Phi) is 8.99. The standard InChI is InChI=1S/C21H24BrFN2O2S/c1-3-19(21(27)24-2)25(12-15-6-10-18(23)11-7-15)20(26)14-28-13-16-4-8-17(22)9-5-16/h4-11,19H,3,12-14H2,1-2H3,(H,24,27). The molecule has 0 bridgehead atoms. The van der Waals surface area contributed by atoms with Gasteiger partial charge in [-0.25, -0.2) is 4.39 Å². The number of benzene rings is 2. The second-order valence-corrected chi connectivity index (χ2v) is 8.21. The van der Waals surface area contributed by atoms with Gasteiger partial charge in [-0.05, 0) is 41.8 Å². The Morgan fingerprint density at radius 1 is 1.11 bits per heavy atom. The lowest BCUT2D eigenvalue weighted by Gasteiger charge is -2.30. The van der Waals surface area contributed by atoms with E-state index in [1.807, 2.05) is 31.2 Å². The molecule has 0 saturated heterocycles. The van der Waals surface area contributed by atoms with E-state index in [1.165, 1.54) is 23.9 Å². The van der Waals surface area contributed by atoms with Crippen LogP contribution in [0.15, 0.2) is 53.0 Å². The van der Waals surface area contributed by atoms with Gasteiger partial charge in [-0.3, -0.25) is 9.59 Å². The SMILES string of the molecule is CCC(C(=O)NC)N(Cc1ccc(F)cc1)C(=O)CSCc1ccc(Br)cc1. The van der Waals surface area contributed by atoms with Crippen molar-refractivity contribution >= 4 is 39.5 Å². The lowest BCUT2D eigenvalue weighted by molar-refractivity contribution is -0.139. The molecule has 0 heterocycles. The van der Waals surface area contributed by atoms with Crippen LogP contribution in [0.3, 0.4) is 0 Å². The molecular weight excluding hydrogens is 443 g/mol. The van der Waals surface area contributed by atoms with Crippen molar-refractivity contribution in [2.45, 2.75) is 31.7 Å². The van der Waals surface area contributed by atoms with Crippen LogP contribution >= 0.6 is 27.7 Å². The number of hydrogen-bond acceptors (Lipinski definition) is 3. The molecule has 0 saturated carbocycles. The van der Waals surface area contributed by atoms with Gasteiger partial charge < -0.3 is 10.2 Å². The number of carbonyl (C=O) groups excluding carboxylic acids is 2. The maximum absolute atomic E-state index is 13.2. The minimum absolute atomic E-state index is 0.109. The number of nitrogens with one attached hydrogen (secondary N) is 1. The number of likely N-dealkylation sites (N-methyl/N-ethyl adjacent to an activating group) is 1. The highest BCUT2D eigenvalue weighted by Gasteiger charge is 2.27. The molecule has 7 heteroatoms. The van der Waals surface area contributed by atoms with Gasteiger partial charge >= 0.3 is 0 Å². The van der Waals surface area contributed by atoms with Crippen molar-refractivity contribution in [1.82, 2.24) is 10.2 Å². The molecule has 28 heavy (non-hydrogen) atoms. The second kappa shape index (κ2) is 11.2. The number of rotatable bonds is 9. The normalized spacial score (nSPS) is 11.7. The summed E-state index contributed by atoms with van der Waals surface area (Å²) in [5, 5.41) is 2.63. The summed E-state index contributed by atoms with van der Waals surface area (Å²) in [4.78, 5) is 26.8. The predicted octanol–water partition coefficient (Wildman–Crippen LogP) is 4.37. The average Bonchev–Trinajstić information content (AvgIpc) is 2.70. The molecule has 0 fully saturated rings. The van der Waals surface area contributed by atoms with Crippen molar-refractivity contribution in [2.75, 3.05) is 12.8 Å². The van der Waals surface area contributed by atoms with Crippen LogP contribution in [0.4, 0.5) is 4.39 Å². The third-order valence-corrected chi connectivity index (χ3v) is 5.82. The summed E-state index contributed by atoms with van der Waals surface area (Å²) in [7, 11) is 1.56. The van der Waals surface area contributed by atoms with Crippen LogP contribution in [0.25, 0.3) is 0 Å². The number of carbonyl (C=O) groups is 2. The van der Waals surface area contributed by atoms with E-state index >= 15 is 0 Å². The van der Waals surface area contributed by atoms with Crippen LogP contribution < -0.4 is 5.32 Å². The van der Waals surface area contributed by atoms with Crippen LogP contribution in [0, 0.1) is 5.82 Å². The highest BCUT2D eigenvalue weighted by atomic mass is 79.9. The number of nitrogens with zero attached hydrogens (tertiary/aromatic N) is 1. The van der Waals surface area contributed by atoms with E-state index in [0.717, 1.165) is 15.6 Å². The van der Waals surface area contributed by atoms with Gasteiger partial charge in [-0.1, -0.05) is 47.1 Å². The minimum Gasteiger partial charge on any atom is -0.357 e. The molecule has 1 atom stereocenters. The Bertz CT molecular complexity index is 784. The first-order chi connectivity index (χ1) is 13.4. The van der Waals surface area contributed by atoms with Crippen molar-refractivity contribution < 1.29 is 14.0 Å². The van der Waals surface area contributed by atoms with E-state index in [2.05, 4.69) is 21.2 Å². The zero-order chi connectivity index (χ0) is 20.5. The van der Waals surface area contributed by atoms with Crippen LogP contribution in [-0.2, 0) is 21.9 Å². The van der Waals surface area contributed by atoms with E-state index in [9.17, 15) is 14.0 Å². The van der Waals surface area contributed by atoms with E-state index in [1.54, 1.807) is 24.1 Å². The smallest absolute Gasteiger partial charge is 0.242 e. The summed E-state index contributed by atoms with van der Waals surface area (Å²) in [6.07, 6.45) is 0.504. The van der Waals surface area contributed by atoms with E-state index in [0.29, 0.717) is 12.2 Å². The molecule has 0 aromatic heterocycles. The van der Waals surface area contributed by atoms with E-state index in [4.69, 9.17) is 0 Å². The van der Waals surface area contributed by atoms with Crippen molar-refractivity contribution in [1.29, 1.82) is 0 Å². The first kappa shape index (κ1) is 22.4. The number of thioether (sulfide) groups is 1. The Morgan fingerprint density at radius 2 is 1.71 bits per heavy atom. The number of hydrogen-bond donors (Lipinski definition) is 1. The van der Waals surface area contributed by atoms with Crippen molar-refractivity contribution in [3.8, 4) is 0 Å². The van der Waals surface area contributed by atoms with Gasteiger partial charge in [0.1, 0.15) is 11.9 Å². The Balaban J connectivity index is 2.07. The van der Waals surface area contributed by atoms with Crippen LogP contribution in [-0.4, -0.2) is 35.6 Å². The molecule has 150 valence electrons. The van der Waals surface area contributed by atoms with Crippen molar-refractivity contribution in [3.05, 3.63) is 69.9 Å². The molecule has 0 aliphatic rings. The maximum atomic E-state index is 13.2. The number of amides is 2. The summed E-state index contributed by atoms with van der Waals surface area (Å²) in [5.41, 5.74) is 1.92. The fourth-order valence-electron chi connectivity index (χ4n) is 2.79. The maximum Gasteiger partial charge on any atom is 0.242 e.